The van der Waals surface area contributed by atoms with E-state index in [4.69, 9.17) is 15.5 Å². The highest BCUT2D eigenvalue weighted by atomic mass is 19.1. The molecule has 0 aliphatic rings. The summed E-state index contributed by atoms with van der Waals surface area (Å²) in [6.45, 7) is 10.5. The predicted molar refractivity (Wildman–Crippen MR) is 135 cm³/mol. The van der Waals surface area contributed by atoms with Gasteiger partial charge in [0.2, 0.25) is 0 Å². The van der Waals surface area contributed by atoms with E-state index in [-0.39, 0.29) is 17.4 Å². The Labute approximate surface area is 195 Å². The molecule has 4 rings (SSSR count). The number of nitrogens with zero attached hydrogens (tertiary/aromatic N) is 2. The minimum absolute atomic E-state index is 0.0318. The highest BCUT2D eigenvalue weighted by Gasteiger charge is 2.26. The Morgan fingerprint density at radius 1 is 0.909 bits per heavy atom. The van der Waals surface area contributed by atoms with Crippen LogP contribution >= 0.6 is 0 Å². The van der Waals surface area contributed by atoms with E-state index in [9.17, 15) is 4.39 Å². The number of hydrogen-bond acceptors (Lipinski definition) is 4. The largest absolute Gasteiger partial charge is 0.490 e. The molecule has 2 N–H and O–H groups in total. The summed E-state index contributed by atoms with van der Waals surface area (Å²) in [6.07, 6.45) is 4.27. The standard InChI is InChI=1S/C28H32FN3O/c1-27(2,3)20-14-19(25-22(15-20)24(8-11-32-25)33-12-9-29)17-28(4,5)21-13-18-7-6-10-31-26(18)23(30)16-21/h6-8,10-11,13-16H,9,12,17,30H2,1-5H3. The number of benzene rings is 2. The molecule has 0 unspecified atom stereocenters. The lowest BCUT2D eigenvalue weighted by atomic mass is 9.76. The number of aromatic nitrogens is 2. The second-order valence-corrected chi connectivity index (χ2v) is 10.3. The fourth-order valence-electron chi connectivity index (χ4n) is 4.34. The first-order valence-corrected chi connectivity index (χ1v) is 11.4. The lowest BCUT2D eigenvalue weighted by Crippen LogP contribution is -2.22. The number of alkyl halides is 1. The van der Waals surface area contributed by atoms with Gasteiger partial charge in [-0.05, 0) is 64.3 Å². The van der Waals surface area contributed by atoms with Crippen molar-refractivity contribution in [1.82, 2.24) is 9.97 Å². The van der Waals surface area contributed by atoms with Gasteiger partial charge < -0.3 is 10.5 Å². The molecule has 2 aromatic heterocycles. The van der Waals surface area contributed by atoms with E-state index in [0.29, 0.717) is 11.4 Å². The molecule has 0 fully saturated rings. The molecule has 0 aliphatic heterocycles. The van der Waals surface area contributed by atoms with Crippen LogP contribution in [0.4, 0.5) is 10.1 Å². The van der Waals surface area contributed by atoms with Crippen LogP contribution < -0.4 is 10.5 Å². The van der Waals surface area contributed by atoms with E-state index >= 15 is 0 Å². The number of ether oxygens (including phenoxy) is 1. The maximum atomic E-state index is 12.8. The Hall–Kier alpha value is -3.21. The first-order chi connectivity index (χ1) is 15.6. The number of hydrogen-bond donors (Lipinski definition) is 1. The van der Waals surface area contributed by atoms with Gasteiger partial charge in [-0.2, -0.15) is 0 Å². The van der Waals surface area contributed by atoms with Gasteiger partial charge in [-0.25, -0.2) is 4.39 Å². The molecule has 0 radical (unpaired) electrons. The van der Waals surface area contributed by atoms with E-state index in [2.05, 4.69) is 57.8 Å². The minimum atomic E-state index is -0.527. The Bertz CT molecular complexity index is 1310. The van der Waals surface area contributed by atoms with Crippen molar-refractivity contribution < 1.29 is 9.13 Å². The summed E-state index contributed by atoms with van der Waals surface area (Å²) in [5.41, 5.74) is 12.0. The van der Waals surface area contributed by atoms with Crippen LogP contribution in [0, 0.1) is 0 Å². The summed E-state index contributed by atoms with van der Waals surface area (Å²) >= 11 is 0. The topological polar surface area (TPSA) is 61.0 Å². The van der Waals surface area contributed by atoms with Gasteiger partial charge >= 0.3 is 0 Å². The Morgan fingerprint density at radius 2 is 1.67 bits per heavy atom. The summed E-state index contributed by atoms with van der Waals surface area (Å²) in [5.74, 6) is 0.670. The van der Waals surface area contributed by atoms with Crippen molar-refractivity contribution in [2.24, 2.45) is 0 Å². The SMILES string of the molecule is CC(C)(C)c1cc(CC(C)(C)c2cc(N)c3ncccc3c2)c2nccc(OCCF)c2c1. The Balaban J connectivity index is 1.85. The number of pyridine rings is 2. The molecular formula is C28H32FN3O. The summed E-state index contributed by atoms with van der Waals surface area (Å²) < 4.78 is 18.6. The Morgan fingerprint density at radius 3 is 2.39 bits per heavy atom. The zero-order valence-corrected chi connectivity index (χ0v) is 20.1. The molecule has 0 spiro atoms. The van der Waals surface area contributed by atoms with Crippen LogP contribution in [0.3, 0.4) is 0 Å². The monoisotopic (exact) mass is 445 g/mol. The number of nitrogen functional groups attached to an aromatic ring is 1. The molecule has 0 aliphatic carbocycles. The van der Waals surface area contributed by atoms with Gasteiger partial charge in [-0.15, -0.1) is 0 Å². The third-order valence-corrected chi connectivity index (χ3v) is 6.23. The average molecular weight is 446 g/mol. The van der Waals surface area contributed by atoms with Gasteiger partial charge in [0, 0.05) is 23.2 Å². The fraction of sp³-hybridized carbons (Fsp3) is 0.357. The van der Waals surface area contributed by atoms with E-state index < -0.39 is 6.67 Å². The smallest absolute Gasteiger partial charge is 0.130 e. The van der Waals surface area contributed by atoms with E-state index in [1.165, 1.54) is 5.56 Å². The molecule has 0 bridgehead atoms. The molecule has 0 saturated carbocycles. The van der Waals surface area contributed by atoms with Crippen LogP contribution in [0.25, 0.3) is 21.8 Å². The highest BCUT2D eigenvalue weighted by molar-refractivity contribution is 5.91. The lowest BCUT2D eigenvalue weighted by molar-refractivity contribution is 0.276. The van der Waals surface area contributed by atoms with Gasteiger partial charge in [0.15, 0.2) is 0 Å². The minimum Gasteiger partial charge on any atom is -0.490 e. The predicted octanol–water partition coefficient (Wildman–Crippen LogP) is 6.53. The molecule has 0 saturated heterocycles. The summed E-state index contributed by atoms with van der Waals surface area (Å²) in [4.78, 5) is 9.14. The fourth-order valence-corrected chi connectivity index (χ4v) is 4.34. The van der Waals surface area contributed by atoms with Gasteiger partial charge in [0.25, 0.3) is 0 Å². The van der Waals surface area contributed by atoms with Crippen molar-refractivity contribution in [3.63, 3.8) is 0 Å². The molecule has 5 heteroatoms. The van der Waals surface area contributed by atoms with Gasteiger partial charge in [0.1, 0.15) is 19.0 Å². The average Bonchev–Trinajstić information content (AvgIpc) is 2.76. The molecular weight excluding hydrogens is 413 g/mol. The second kappa shape index (κ2) is 8.62. The van der Waals surface area contributed by atoms with Crippen LogP contribution in [0.15, 0.2) is 54.9 Å². The van der Waals surface area contributed by atoms with Gasteiger partial charge in [-0.3, -0.25) is 9.97 Å². The summed E-state index contributed by atoms with van der Waals surface area (Å²) in [5, 5.41) is 1.96. The van der Waals surface area contributed by atoms with Gasteiger partial charge in [-0.1, -0.05) is 46.8 Å². The third-order valence-electron chi connectivity index (χ3n) is 6.23. The number of nitrogens with two attached hydrogens (primary N) is 1. The van der Waals surface area contributed by atoms with Crippen LogP contribution in [0.1, 0.15) is 51.3 Å². The first kappa shape index (κ1) is 23.0. The summed E-state index contributed by atoms with van der Waals surface area (Å²) in [6, 6.07) is 14.4. The highest BCUT2D eigenvalue weighted by Crippen LogP contribution is 2.38. The number of rotatable bonds is 6. The van der Waals surface area contributed by atoms with Crippen LogP contribution in [0.2, 0.25) is 0 Å². The van der Waals surface area contributed by atoms with Crippen LogP contribution in [0.5, 0.6) is 5.75 Å². The van der Waals surface area contributed by atoms with Crippen molar-refractivity contribution in [3.8, 4) is 5.75 Å². The van der Waals surface area contributed by atoms with Crippen LogP contribution in [-0.2, 0) is 17.3 Å². The lowest BCUT2D eigenvalue weighted by Gasteiger charge is -2.28. The van der Waals surface area contributed by atoms with Crippen LogP contribution in [-0.4, -0.2) is 23.2 Å². The van der Waals surface area contributed by atoms with Crippen molar-refractivity contribution in [2.45, 2.75) is 51.9 Å². The van der Waals surface area contributed by atoms with Crippen molar-refractivity contribution in [2.75, 3.05) is 19.0 Å². The molecule has 172 valence electrons. The van der Waals surface area contributed by atoms with E-state index in [1.807, 2.05) is 24.3 Å². The normalized spacial score (nSPS) is 12.4. The molecule has 4 aromatic rings. The van der Waals surface area contributed by atoms with E-state index in [1.54, 1.807) is 12.4 Å². The van der Waals surface area contributed by atoms with Gasteiger partial charge in [0.05, 0.1) is 16.7 Å². The quantitative estimate of drug-likeness (QED) is 0.343. The second-order valence-electron chi connectivity index (χ2n) is 10.3. The van der Waals surface area contributed by atoms with Crippen molar-refractivity contribution in [3.05, 3.63) is 71.5 Å². The van der Waals surface area contributed by atoms with E-state index in [0.717, 1.165) is 39.4 Å². The first-order valence-electron chi connectivity index (χ1n) is 11.4. The molecule has 0 atom stereocenters. The molecule has 2 heterocycles. The maximum absolute atomic E-state index is 12.8. The Kier molecular flexibility index (Phi) is 6.00. The zero-order chi connectivity index (χ0) is 23.8. The molecule has 4 nitrogen and oxygen atoms in total. The molecule has 33 heavy (non-hydrogen) atoms. The maximum Gasteiger partial charge on any atom is 0.130 e. The number of anilines is 1. The zero-order valence-electron chi connectivity index (χ0n) is 20.1. The molecule has 0 amide bonds. The number of halogens is 1. The third kappa shape index (κ3) is 4.63. The number of fused-ring (bicyclic) bond motifs is 2. The van der Waals surface area contributed by atoms with Crippen molar-refractivity contribution >= 4 is 27.5 Å². The molecule has 2 aromatic carbocycles. The van der Waals surface area contributed by atoms with Crippen molar-refractivity contribution in [1.29, 1.82) is 0 Å². The summed E-state index contributed by atoms with van der Waals surface area (Å²) in [7, 11) is 0.